The number of hydrogen-bond donors (Lipinski definition) is 2. The summed E-state index contributed by atoms with van der Waals surface area (Å²) in [6.45, 7) is 1.82. The van der Waals surface area contributed by atoms with E-state index in [1.54, 1.807) is 12.1 Å². The van der Waals surface area contributed by atoms with Crippen LogP contribution in [-0.4, -0.2) is 16.7 Å². The SMILES string of the molecule is Cl.Fc1ccc(-c2n[nH]c3c2CNCC3)cc1. The molecule has 0 fully saturated rings. The molecule has 0 saturated heterocycles. The van der Waals surface area contributed by atoms with Crippen LogP contribution in [-0.2, 0) is 13.0 Å². The molecule has 90 valence electrons. The molecule has 1 aliphatic heterocycles. The molecule has 2 N–H and O–H groups in total. The van der Waals surface area contributed by atoms with Gasteiger partial charge < -0.3 is 5.32 Å². The van der Waals surface area contributed by atoms with E-state index in [1.165, 1.54) is 23.4 Å². The lowest BCUT2D eigenvalue weighted by molar-refractivity contribution is 0.628. The highest BCUT2D eigenvalue weighted by Gasteiger charge is 2.17. The van der Waals surface area contributed by atoms with Gasteiger partial charge in [-0.25, -0.2) is 4.39 Å². The van der Waals surface area contributed by atoms with E-state index >= 15 is 0 Å². The minimum atomic E-state index is -0.216. The van der Waals surface area contributed by atoms with Gasteiger partial charge in [-0.3, -0.25) is 5.10 Å². The molecule has 3 nitrogen and oxygen atoms in total. The molecule has 2 heterocycles. The predicted molar refractivity (Wildman–Crippen MR) is 66.6 cm³/mol. The molecule has 3 rings (SSSR count). The van der Waals surface area contributed by atoms with E-state index in [9.17, 15) is 4.39 Å². The second-order valence-corrected chi connectivity index (χ2v) is 3.96. The third kappa shape index (κ3) is 2.18. The molecule has 2 aromatic rings. The summed E-state index contributed by atoms with van der Waals surface area (Å²) in [5, 5.41) is 10.7. The maximum atomic E-state index is 12.8. The van der Waals surface area contributed by atoms with Crippen LogP contribution < -0.4 is 5.32 Å². The molecular formula is C12H13ClFN3. The second-order valence-electron chi connectivity index (χ2n) is 3.96. The van der Waals surface area contributed by atoms with Crippen molar-refractivity contribution < 1.29 is 4.39 Å². The van der Waals surface area contributed by atoms with Crippen LogP contribution in [0.5, 0.6) is 0 Å². The predicted octanol–water partition coefficient (Wildman–Crippen LogP) is 2.28. The Kier molecular flexibility index (Phi) is 3.45. The summed E-state index contributed by atoms with van der Waals surface area (Å²) in [5.41, 5.74) is 4.29. The molecule has 1 aromatic carbocycles. The average molecular weight is 254 g/mol. The first-order valence-electron chi connectivity index (χ1n) is 5.37. The van der Waals surface area contributed by atoms with E-state index in [0.29, 0.717) is 0 Å². The minimum Gasteiger partial charge on any atom is -0.312 e. The lowest BCUT2D eigenvalue weighted by Crippen LogP contribution is -2.23. The number of rotatable bonds is 1. The highest BCUT2D eigenvalue weighted by atomic mass is 35.5. The Bertz CT molecular complexity index is 507. The van der Waals surface area contributed by atoms with Crippen LogP contribution in [0.15, 0.2) is 24.3 Å². The summed E-state index contributed by atoms with van der Waals surface area (Å²) in [6, 6.07) is 6.46. The number of benzene rings is 1. The van der Waals surface area contributed by atoms with Gasteiger partial charge >= 0.3 is 0 Å². The first-order chi connectivity index (χ1) is 7.84. The highest BCUT2D eigenvalue weighted by molar-refractivity contribution is 5.85. The number of nitrogens with one attached hydrogen (secondary N) is 2. The Morgan fingerprint density at radius 2 is 1.94 bits per heavy atom. The summed E-state index contributed by atoms with van der Waals surface area (Å²) in [7, 11) is 0. The van der Waals surface area contributed by atoms with Crippen molar-refractivity contribution in [2.75, 3.05) is 6.54 Å². The average Bonchev–Trinajstić information content (AvgIpc) is 2.74. The molecule has 1 aliphatic rings. The van der Waals surface area contributed by atoms with E-state index in [-0.39, 0.29) is 18.2 Å². The summed E-state index contributed by atoms with van der Waals surface area (Å²) >= 11 is 0. The van der Waals surface area contributed by atoms with Gasteiger partial charge in [-0.05, 0) is 24.3 Å². The van der Waals surface area contributed by atoms with Crippen LogP contribution in [0.1, 0.15) is 11.3 Å². The van der Waals surface area contributed by atoms with Crippen LogP contribution in [0.25, 0.3) is 11.3 Å². The minimum absolute atomic E-state index is 0. The number of nitrogens with zero attached hydrogens (tertiary/aromatic N) is 1. The fourth-order valence-corrected chi connectivity index (χ4v) is 2.07. The third-order valence-corrected chi connectivity index (χ3v) is 2.92. The molecule has 0 aliphatic carbocycles. The van der Waals surface area contributed by atoms with Gasteiger partial charge in [-0.15, -0.1) is 12.4 Å². The van der Waals surface area contributed by atoms with Crippen LogP contribution in [0.3, 0.4) is 0 Å². The van der Waals surface area contributed by atoms with Crippen molar-refractivity contribution in [3.63, 3.8) is 0 Å². The summed E-state index contributed by atoms with van der Waals surface area (Å²) in [4.78, 5) is 0. The van der Waals surface area contributed by atoms with E-state index in [0.717, 1.165) is 30.8 Å². The summed E-state index contributed by atoms with van der Waals surface area (Å²) in [6.07, 6.45) is 0.976. The lowest BCUT2D eigenvalue weighted by atomic mass is 10.0. The molecule has 1 aromatic heterocycles. The van der Waals surface area contributed by atoms with E-state index in [1.807, 2.05) is 0 Å². The number of hydrogen-bond acceptors (Lipinski definition) is 2. The van der Waals surface area contributed by atoms with Gasteiger partial charge in [0.2, 0.25) is 0 Å². The monoisotopic (exact) mass is 253 g/mol. The Morgan fingerprint density at radius 1 is 1.18 bits per heavy atom. The smallest absolute Gasteiger partial charge is 0.123 e. The van der Waals surface area contributed by atoms with Crippen LogP contribution in [0.4, 0.5) is 4.39 Å². The Hall–Kier alpha value is -1.39. The molecule has 17 heavy (non-hydrogen) atoms. The van der Waals surface area contributed by atoms with Gasteiger partial charge in [0.15, 0.2) is 0 Å². The molecule has 0 atom stereocenters. The lowest BCUT2D eigenvalue weighted by Gasteiger charge is -2.12. The zero-order valence-corrected chi connectivity index (χ0v) is 9.98. The van der Waals surface area contributed by atoms with Crippen molar-refractivity contribution in [2.24, 2.45) is 0 Å². The topological polar surface area (TPSA) is 40.7 Å². The van der Waals surface area contributed by atoms with Crippen LogP contribution >= 0.6 is 12.4 Å². The Balaban J connectivity index is 0.00000108. The van der Waals surface area contributed by atoms with Gasteiger partial charge in [0.1, 0.15) is 5.82 Å². The summed E-state index contributed by atoms with van der Waals surface area (Å²) < 4.78 is 12.8. The number of H-pyrrole nitrogens is 1. The molecule has 0 spiro atoms. The van der Waals surface area contributed by atoms with Gasteiger partial charge in [-0.1, -0.05) is 0 Å². The van der Waals surface area contributed by atoms with Crippen molar-refractivity contribution in [3.8, 4) is 11.3 Å². The standard InChI is InChI=1S/C12H12FN3.ClH/c13-9-3-1-8(2-4-9)12-10-7-14-6-5-11(10)15-16-12;/h1-4,14H,5-7H2,(H,15,16);1H. The molecule has 0 radical (unpaired) electrons. The Labute approximate surface area is 105 Å². The highest BCUT2D eigenvalue weighted by Crippen LogP contribution is 2.25. The quantitative estimate of drug-likeness (QED) is 0.819. The molecule has 0 saturated carbocycles. The van der Waals surface area contributed by atoms with Crippen molar-refractivity contribution in [2.45, 2.75) is 13.0 Å². The van der Waals surface area contributed by atoms with Crippen LogP contribution in [0, 0.1) is 5.82 Å². The molecule has 0 unspecified atom stereocenters. The van der Waals surface area contributed by atoms with Gasteiger partial charge in [0, 0.05) is 36.3 Å². The fraction of sp³-hybridized carbons (Fsp3) is 0.250. The van der Waals surface area contributed by atoms with Gasteiger partial charge in [0.25, 0.3) is 0 Å². The number of halogens is 2. The second kappa shape index (κ2) is 4.85. The largest absolute Gasteiger partial charge is 0.312 e. The fourth-order valence-electron chi connectivity index (χ4n) is 2.07. The maximum absolute atomic E-state index is 12.8. The van der Waals surface area contributed by atoms with Gasteiger partial charge in [0.05, 0.1) is 5.69 Å². The Morgan fingerprint density at radius 3 is 2.71 bits per heavy atom. The zero-order chi connectivity index (χ0) is 11.0. The number of aromatic nitrogens is 2. The third-order valence-electron chi connectivity index (χ3n) is 2.92. The molecule has 5 heteroatoms. The normalized spacial score (nSPS) is 13.9. The summed E-state index contributed by atoms with van der Waals surface area (Å²) in [5.74, 6) is -0.216. The van der Waals surface area contributed by atoms with Crippen molar-refractivity contribution in [1.29, 1.82) is 0 Å². The molecule has 0 amide bonds. The number of fused-ring (bicyclic) bond motifs is 1. The van der Waals surface area contributed by atoms with E-state index in [4.69, 9.17) is 0 Å². The van der Waals surface area contributed by atoms with E-state index < -0.39 is 0 Å². The van der Waals surface area contributed by atoms with Crippen molar-refractivity contribution in [1.82, 2.24) is 15.5 Å². The molecular weight excluding hydrogens is 241 g/mol. The van der Waals surface area contributed by atoms with Gasteiger partial charge in [-0.2, -0.15) is 5.10 Å². The maximum Gasteiger partial charge on any atom is 0.123 e. The van der Waals surface area contributed by atoms with E-state index in [2.05, 4.69) is 15.5 Å². The van der Waals surface area contributed by atoms with Crippen molar-refractivity contribution >= 4 is 12.4 Å². The zero-order valence-electron chi connectivity index (χ0n) is 9.16. The first kappa shape index (κ1) is 12.1. The van der Waals surface area contributed by atoms with Crippen LogP contribution in [0.2, 0.25) is 0 Å². The van der Waals surface area contributed by atoms with Crippen molar-refractivity contribution in [3.05, 3.63) is 41.3 Å². The first-order valence-corrected chi connectivity index (χ1v) is 5.37. The number of aromatic amines is 1. The molecule has 0 bridgehead atoms.